The highest BCUT2D eigenvalue weighted by atomic mass is 79.9. The number of thioether (sulfide) groups is 1. The van der Waals surface area contributed by atoms with Gasteiger partial charge in [-0.15, -0.1) is 11.8 Å². The fourth-order valence-corrected chi connectivity index (χ4v) is 3.07. The molecule has 1 aromatic carbocycles. The SMILES string of the molecule is OC(CSc1cccc(Br)c1)C1=CCCCO1. The fraction of sp³-hybridized carbons (Fsp3) is 0.385. The van der Waals surface area contributed by atoms with Crippen LogP contribution in [0.3, 0.4) is 0 Å². The van der Waals surface area contributed by atoms with Crippen molar-refractivity contribution in [2.75, 3.05) is 12.4 Å². The molecular weight excluding hydrogens is 300 g/mol. The van der Waals surface area contributed by atoms with Gasteiger partial charge in [0, 0.05) is 15.1 Å². The van der Waals surface area contributed by atoms with Gasteiger partial charge >= 0.3 is 0 Å². The standard InChI is InChI=1S/C13H15BrO2S/c14-10-4-3-5-11(8-10)17-9-12(15)13-6-1-2-7-16-13/h3-6,8,12,15H,1-2,7,9H2. The summed E-state index contributed by atoms with van der Waals surface area (Å²) in [5.41, 5.74) is 0. The van der Waals surface area contributed by atoms with Crippen LogP contribution in [0.4, 0.5) is 0 Å². The van der Waals surface area contributed by atoms with Crippen LogP contribution in [0, 0.1) is 0 Å². The van der Waals surface area contributed by atoms with Crippen LogP contribution in [0.25, 0.3) is 0 Å². The van der Waals surface area contributed by atoms with Gasteiger partial charge < -0.3 is 9.84 Å². The van der Waals surface area contributed by atoms with Crippen LogP contribution in [0.5, 0.6) is 0 Å². The Morgan fingerprint density at radius 1 is 1.47 bits per heavy atom. The van der Waals surface area contributed by atoms with E-state index in [0.717, 1.165) is 34.6 Å². The first kappa shape index (κ1) is 13.0. The predicted octanol–water partition coefficient (Wildman–Crippen LogP) is 3.60. The van der Waals surface area contributed by atoms with Gasteiger partial charge in [0.2, 0.25) is 0 Å². The smallest absolute Gasteiger partial charge is 0.121 e. The number of aliphatic hydroxyl groups is 1. The highest BCUT2D eigenvalue weighted by Gasteiger charge is 2.15. The second-order valence-corrected chi connectivity index (χ2v) is 5.89. The van der Waals surface area contributed by atoms with Crippen molar-refractivity contribution in [3.8, 4) is 0 Å². The molecule has 1 N–H and O–H groups in total. The lowest BCUT2D eigenvalue weighted by atomic mass is 10.2. The lowest BCUT2D eigenvalue weighted by molar-refractivity contribution is 0.104. The molecule has 0 saturated carbocycles. The third-order valence-electron chi connectivity index (χ3n) is 2.50. The lowest BCUT2D eigenvalue weighted by Gasteiger charge is -2.19. The molecule has 0 spiro atoms. The number of allylic oxidation sites excluding steroid dienone is 1. The van der Waals surface area contributed by atoms with Crippen LogP contribution in [0.15, 0.2) is 45.5 Å². The van der Waals surface area contributed by atoms with E-state index in [1.165, 1.54) is 0 Å². The van der Waals surface area contributed by atoms with Gasteiger partial charge in [0.05, 0.1) is 6.61 Å². The Morgan fingerprint density at radius 3 is 3.06 bits per heavy atom. The van der Waals surface area contributed by atoms with E-state index in [2.05, 4.69) is 15.9 Å². The van der Waals surface area contributed by atoms with Crippen molar-refractivity contribution in [1.29, 1.82) is 0 Å². The van der Waals surface area contributed by atoms with Crippen molar-refractivity contribution in [3.05, 3.63) is 40.6 Å². The molecule has 1 aromatic rings. The van der Waals surface area contributed by atoms with Gasteiger partial charge in [-0.2, -0.15) is 0 Å². The minimum atomic E-state index is -0.501. The molecule has 1 atom stereocenters. The lowest BCUT2D eigenvalue weighted by Crippen LogP contribution is -2.18. The second-order valence-electron chi connectivity index (χ2n) is 3.88. The highest BCUT2D eigenvalue weighted by molar-refractivity contribution is 9.10. The first-order valence-electron chi connectivity index (χ1n) is 5.65. The largest absolute Gasteiger partial charge is 0.495 e. The van der Waals surface area contributed by atoms with E-state index in [1.807, 2.05) is 30.3 Å². The van der Waals surface area contributed by atoms with E-state index >= 15 is 0 Å². The Morgan fingerprint density at radius 2 is 2.35 bits per heavy atom. The molecular formula is C13H15BrO2S. The van der Waals surface area contributed by atoms with Crippen molar-refractivity contribution < 1.29 is 9.84 Å². The Bertz CT molecular complexity index is 406. The van der Waals surface area contributed by atoms with Crippen molar-refractivity contribution in [3.63, 3.8) is 0 Å². The molecule has 0 bridgehead atoms. The molecule has 0 fully saturated rings. The van der Waals surface area contributed by atoms with Gasteiger partial charge in [-0.25, -0.2) is 0 Å². The van der Waals surface area contributed by atoms with Crippen LogP contribution in [0.2, 0.25) is 0 Å². The Kier molecular flexibility index (Phi) is 4.95. The summed E-state index contributed by atoms with van der Waals surface area (Å²) in [7, 11) is 0. The molecule has 1 aliphatic heterocycles. The van der Waals surface area contributed by atoms with E-state index in [-0.39, 0.29) is 0 Å². The topological polar surface area (TPSA) is 29.5 Å². The first-order valence-corrected chi connectivity index (χ1v) is 7.43. The molecule has 4 heteroatoms. The minimum absolute atomic E-state index is 0.501. The summed E-state index contributed by atoms with van der Waals surface area (Å²) >= 11 is 5.07. The molecule has 0 aliphatic carbocycles. The van der Waals surface area contributed by atoms with E-state index in [1.54, 1.807) is 11.8 Å². The molecule has 0 amide bonds. The van der Waals surface area contributed by atoms with Gasteiger partial charge in [-0.05, 0) is 37.1 Å². The van der Waals surface area contributed by atoms with E-state index in [4.69, 9.17) is 4.74 Å². The average Bonchev–Trinajstić information content (AvgIpc) is 2.37. The zero-order valence-electron chi connectivity index (χ0n) is 9.43. The van der Waals surface area contributed by atoms with Crippen LogP contribution >= 0.6 is 27.7 Å². The molecule has 1 unspecified atom stereocenters. The van der Waals surface area contributed by atoms with Gasteiger partial charge in [0.25, 0.3) is 0 Å². The van der Waals surface area contributed by atoms with Crippen LogP contribution in [-0.2, 0) is 4.74 Å². The van der Waals surface area contributed by atoms with E-state index in [9.17, 15) is 5.11 Å². The number of halogens is 1. The normalized spacial score (nSPS) is 17.2. The molecule has 1 heterocycles. The van der Waals surface area contributed by atoms with Gasteiger partial charge in [0.1, 0.15) is 11.9 Å². The number of benzene rings is 1. The summed E-state index contributed by atoms with van der Waals surface area (Å²) in [6.45, 7) is 0.727. The summed E-state index contributed by atoms with van der Waals surface area (Å²) in [6.07, 6.45) is 3.55. The second kappa shape index (κ2) is 6.47. The zero-order chi connectivity index (χ0) is 12.1. The molecule has 92 valence electrons. The van der Waals surface area contributed by atoms with Crippen molar-refractivity contribution in [2.24, 2.45) is 0 Å². The van der Waals surface area contributed by atoms with Gasteiger partial charge in [0.15, 0.2) is 0 Å². The molecule has 0 aromatic heterocycles. The van der Waals surface area contributed by atoms with Crippen LogP contribution in [0.1, 0.15) is 12.8 Å². The molecule has 0 radical (unpaired) electrons. The quantitative estimate of drug-likeness (QED) is 0.861. The first-order chi connectivity index (χ1) is 8.25. The summed E-state index contributed by atoms with van der Waals surface area (Å²) < 4.78 is 6.50. The van der Waals surface area contributed by atoms with Crippen molar-refractivity contribution in [2.45, 2.75) is 23.8 Å². The number of rotatable bonds is 4. The van der Waals surface area contributed by atoms with Crippen LogP contribution < -0.4 is 0 Å². The molecule has 1 aliphatic rings. The predicted molar refractivity (Wildman–Crippen MR) is 74.1 cm³/mol. The third-order valence-corrected chi connectivity index (χ3v) is 4.06. The van der Waals surface area contributed by atoms with Gasteiger partial charge in [-0.1, -0.05) is 22.0 Å². The fourth-order valence-electron chi connectivity index (χ4n) is 1.62. The number of hydrogen-bond donors (Lipinski definition) is 1. The molecule has 2 rings (SSSR count). The van der Waals surface area contributed by atoms with Crippen LogP contribution in [-0.4, -0.2) is 23.6 Å². The highest BCUT2D eigenvalue weighted by Crippen LogP contribution is 2.25. The van der Waals surface area contributed by atoms with Gasteiger partial charge in [-0.3, -0.25) is 0 Å². The maximum Gasteiger partial charge on any atom is 0.121 e. The average molecular weight is 315 g/mol. The zero-order valence-corrected chi connectivity index (χ0v) is 11.8. The Balaban J connectivity index is 1.87. The Labute approximate surface area is 114 Å². The van der Waals surface area contributed by atoms with E-state index < -0.39 is 6.10 Å². The number of hydrogen-bond acceptors (Lipinski definition) is 3. The summed E-state index contributed by atoms with van der Waals surface area (Å²) in [6, 6.07) is 8.08. The maximum atomic E-state index is 9.98. The van der Waals surface area contributed by atoms with Crippen molar-refractivity contribution >= 4 is 27.7 Å². The summed E-state index contributed by atoms with van der Waals surface area (Å²) in [5, 5.41) is 9.98. The number of ether oxygens (including phenoxy) is 1. The monoisotopic (exact) mass is 314 g/mol. The third kappa shape index (κ3) is 4.05. The summed E-state index contributed by atoms with van der Waals surface area (Å²) in [5.74, 6) is 1.36. The van der Waals surface area contributed by atoms with E-state index in [0.29, 0.717) is 5.75 Å². The maximum absolute atomic E-state index is 9.98. The van der Waals surface area contributed by atoms with Crippen molar-refractivity contribution in [1.82, 2.24) is 0 Å². The number of aliphatic hydroxyl groups excluding tert-OH is 1. The molecule has 2 nitrogen and oxygen atoms in total. The molecule has 0 saturated heterocycles. The summed E-state index contributed by atoms with van der Waals surface area (Å²) in [4.78, 5) is 1.15. The molecule has 17 heavy (non-hydrogen) atoms. The Hall–Kier alpha value is -0.450. The minimum Gasteiger partial charge on any atom is -0.495 e.